The molecule has 0 saturated heterocycles. The fourth-order valence-corrected chi connectivity index (χ4v) is 2.95. The van der Waals surface area contributed by atoms with E-state index in [0.717, 1.165) is 4.90 Å². The van der Waals surface area contributed by atoms with Crippen LogP contribution in [0.25, 0.3) is 0 Å². The van der Waals surface area contributed by atoms with Crippen LogP contribution >= 0.6 is 23.4 Å². The molecule has 0 spiro atoms. The Hall–Kier alpha value is -0.710. The molecule has 1 aromatic rings. The first-order valence-corrected chi connectivity index (χ1v) is 5.79. The predicted octanol–water partition coefficient (Wildman–Crippen LogP) is 2.11. The second-order valence-corrected chi connectivity index (χ2v) is 4.98. The van der Waals surface area contributed by atoms with Gasteiger partial charge in [0.15, 0.2) is 5.60 Å². The molecule has 1 aromatic carbocycles. The van der Waals surface area contributed by atoms with Crippen molar-refractivity contribution in [2.75, 3.05) is 5.75 Å². The molecule has 5 heteroatoms. The summed E-state index contributed by atoms with van der Waals surface area (Å²) in [4.78, 5) is 11.8. The largest absolute Gasteiger partial charge is 0.479 e. The van der Waals surface area contributed by atoms with Crippen LogP contribution in [0.2, 0.25) is 5.02 Å². The van der Waals surface area contributed by atoms with Gasteiger partial charge >= 0.3 is 5.97 Å². The zero-order chi connectivity index (χ0) is 11.1. The summed E-state index contributed by atoms with van der Waals surface area (Å²) in [6.45, 7) is 0. The van der Waals surface area contributed by atoms with Crippen LogP contribution in [0.1, 0.15) is 12.0 Å². The van der Waals surface area contributed by atoms with Gasteiger partial charge in [-0.3, -0.25) is 0 Å². The van der Waals surface area contributed by atoms with Crippen molar-refractivity contribution in [2.24, 2.45) is 0 Å². The SMILES string of the molecule is O=C(O)[C@@]1(O)CCSc2ccc(Cl)cc21. The molecule has 0 bridgehead atoms. The molecule has 0 radical (unpaired) electrons. The average molecular weight is 245 g/mol. The molecular weight excluding hydrogens is 236 g/mol. The molecule has 0 saturated carbocycles. The fraction of sp³-hybridized carbons (Fsp3) is 0.300. The predicted molar refractivity (Wildman–Crippen MR) is 58.3 cm³/mol. The lowest BCUT2D eigenvalue weighted by molar-refractivity contribution is -0.160. The van der Waals surface area contributed by atoms with Crippen LogP contribution in [0, 0.1) is 0 Å². The summed E-state index contributed by atoms with van der Waals surface area (Å²) in [5.41, 5.74) is -1.38. The number of thioether (sulfide) groups is 1. The van der Waals surface area contributed by atoms with Crippen molar-refractivity contribution in [3.63, 3.8) is 0 Å². The van der Waals surface area contributed by atoms with Crippen molar-refractivity contribution in [1.82, 2.24) is 0 Å². The molecule has 0 aromatic heterocycles. The quantitative estimate of drug-likeness (QED) is 0.795. The van der Waals surface area contributed by atoms with Gasteiger partial charge in [-0.25, -0.2) is 4.79 Å². The van der Waals surface area contributed by atoms with Crippen LogP contribution in [0.4, 0.5) is 0 Å². The van der Waals surface area contributed by atoms with Gasteiger partial charge < -0.3 is 10.2 Å². The molecule has 2 N–H and O–H groups in total. The number of aliphatic hydroxyl groups is 1. The van der Waals surface area contributed by atoms with Gasteiger partial charge in [-0.1, -0.05) is 11.6 Å². The summed E-state index contributed by atoms with van der Waals surface area (Å²) in [7, 11) is 0. The number of fused-ring (bicyclic) bond motifs is 1. The Balaban J connectivity index is 2.59. The zero-order valence-electron chi connectivity index (χ0n) is 7.74. The van der Waals surface area contributed by atoms with Gasteiger partial charge in [0.25, 0.3) is 0 Å². The highest BCUT2D eigenvalue weighted by atomic mass is 35.5. The molecule has 15 heavy (non-hydrogen) atoms. The minimum atomic E-state index is -1.79. The van der Waals surface area contributed by atoms with E-state index in [0.29, 0.717) is 16.3 Å². The Bertz CT molecular complexity index is 421. The van der Waals surface area contributed by atoms with Crippen LogP contribution < -0.4 is 0 Å². The summed E-state index contributed by atoms with van der Waals surface area (Å²) < 4.78 is 0. The molecule has 0 unspecified atom stereocenters. The number of halogens is 1. The smallest absolute Gasteiger partial charge is 0.340 e. The number of benzene rings is 1. The standard InChI is InChI=1S/C10H9ClO3S/c11-6-1-2-8-7(5-6)10(14,9(12)13)3-4-15-8/h1-2,5,14H,3-4H2,(H,12,13)/t10-/m1/s1. The number of carboxylic acids is 1. The van der Waals surface area contributed by atoms with Crippen LogP contribution in [-0.2, 0) is 10.4 Å². The third-order valence-electron chi connectivity index (χ3n) is 2.46. The van der Waals surface area contributed by atoms with Gasteiger partial charge in [0.2, 0.25) is 0 Å². The van der Waals surface area contributed by atoms with E-state index in [1.807, 2.05) is 0 Å². The molecule has 0 aliphatic carbocycles. The van der Waals surface area contributed by atoms with Gasteiger partial charge in [-0.05, 0) is 18.2 Å². The van der Waals surface area contributed by atoms with Crippen LogP contribution in [0.15, 0.2) is 23.1 Å². The Labute approximate surface area is 96.1 Å². The Morgan fingerprint density at radius 1 is 1.53 bits per heavy atom. The van der Waals surface area contributed by atoms with Crippen molar-refractivity contribution < 1.29 is 15.0 Å². The first-order valence-electron chi connectivity index (χ1n) is 4.42. The van der Waals surface area contributed by atoms with Gasteiger partial charge in [-0.2, -0.15) is 0 Å². The molecule has 0 amide bonds. The van der Waals surface area contributed by atoms with Gasteiger partial charge in [0, 0.05) is 27.7 Å². The summed E-state index contributed by atoms with van der Waals surface area (Å²) in [5.74, 6) is -0.622. The van der Waals surface area contributed by atoms with Gasteiger partial charge in [0.1, 0.15) is 0 Å². The van der Waals surface area contributed by atoms with E-state index in [-0.39, 0.29) is 6.42 Å². The van der Waals surface area contributed by atoms with E-state index >= 15 is 0 Å². The Morgan fingerprint density at radius 3 is 2.93 bits per heavy atom. The maximum Gasteiger partial charge on any atom is 0.340 e. The highest BCUT2D eigenvalue weighted by Gasteiger charge is 2.42. The number of carbonyl (C=O) groups is 1. The monoisotopic (exact) mass is 244 g/mol. The van der Waals surface area contributed by atoms with Gasteiger partial charge in [0.05, 0.1) is 0 Å². The number of hydrogen-bond donors (Lipinski definition) is 2. The maximum absolute atomic E-state index is 11.0. The van der Waals surface area contributed by atoms with Crippen molar-refractivity contribution in [3.8, 4) is 0 Å². The van der Waals surface area contributed by atoms with Crippen LogP contribution in [0.3, 0.4) is 0 Å². The van der Waals surface area contributed by atoms with Crippen LogP contribution in [0.5, 0.6) is 0 Å². The van der Waals surface area contributed by atoms with E-state index in [1.165, 1.54) is 17.8 Å². The van der Waals surface area contributed by atoms with E-state index in [1.54, 1.807) is 12.1 Å². The number of carboxylic acid groups (broad SMARTS) is 1. The first kappa shape index (κ1) is 10.8. The molecule has 1 heterocycles. The molecule has 1 aliphatic rings. The van der Waals surface area contributed by atoms with E-state index in [4.69, 9.17) is 16.7 Å². The molecular formula is C10H9ClO3S. The highest BCUT2D eigenvalue weighted by Crippen LogP contribution is 2.41. The van der Waals surface area contributed by atoms with Crippen molar-refractivity contribution in [3.05, 3.63) is 28.8 Å². The molecule has 2 rings (SSSR count). The minimum Gasteiger partial charge on any atom is -0.479 e. The summed E-state index contributed by atoms with van der Waals surface area (Å²) in [6, 6.07) is 4.97. The summed E-state index contributed by atoms with van der Waals surface area (Å²) in [6.07, 6.45) is 0.209. The lowest BCUT2D eigenvalue weighted by Gasteiger charge is -2.30. The summed E-state index contributed by atoms with van der Waals surface area (Å²) >= 11 is 7.33. The molecule has 80 valence electrons. The van der Waals surface area contributed by atoms with Gasteiger partial charge in [-0.15, -0.1) is 11.8 Å². The average Bonchev–Trinajstić information content (AvgIpc) is 2.19. The van der Waals surface area contributed by atoms with Crippen molar-refractivity contribution in [1.29, 1.82) is 0 Å². The molecule has 3 nitrogen and oxygen atoms in total. The molecule has 1 aliphatic heterocycles. The Kier molecular flexibility index (Phi) is 2.66. The lowest BCUT2D eigenvalue weighted by atomic mass is 9.91. The maximum atomic E-state index is 11.0. The van der Waals surface area contributed by atoms with Crippen LogP contribution in [-0.4, -0.2) is 21.9 Å². The third-order valence-corrected chi connectivity index (χ3v) is 3.77. The summed E-state index contributed by atoms with van der Waals surface area (Å²) in [5, 5.41) is 19.5. The zero-order valence-corrected chi connectivity index (χ0v) is 9.31. The number of rotatable bonds is 1. The van der Waals surface area contributed by atoms with E-state index < -0.39 is 11.6 Å². The topological polar surface area (TPSA) is 57.5 Å². The fourth-order valence-electron chi connectivity index (χ4n) is 1.62. The van der Waals surface area contributed by atoms with Crippen molar-refractivity contribution in [2.45, 2.75) is 16.9 Å². The highest BCUT2D eigenvalue weighted by molar-refractivity contribution is 7.99. The second kappa shape index (κ2) is 3.70. The van der Waals surface area contributed by atoms with Crippen molar-refractivity contribution >= 4 is 29.3 Å². The normalized spacial score (nSPS) is 24.7. The number of hydrogen-bond acceptors (Lipinski definition) is 3. The molecule has 1 atom stereocenters. The minimum absolute atomic E-state index is 0.209. The third kappa shape index (κ3) is 1.73. The lowest BCUT2D eigenvalue weighted by Crippen LogP contribution is -2.38. The molecule has 0 fully saturated rings. The second-order valence-electron chi connectivity index (χ2n) is 3.40. The van der Waals surface area contributed by atoms with E-state index in [9.17, 15) is 9.90 Å². The first-order chi connectivity index (χ1) is 7.04. The Morgan fingerprint density at radius 2 is 2.27 bits per heavy atom. The van der Waals surface area contributed by atoms with E-state index in [2.05, 4.69) is 0 Å². The number of aliphatic carboxylic acids is 1.